The highest BCUT2D eigenvalue weighted by atomic mass is 16.5. The average molecular weight is 501 g/mol. The van der Waals surface area contributed by atoms with E-state index in [0.29, 0.717) is 11.1 Å². The number of nitrogens with one attached hydrogen (secondary N) is 1. The van der Waals surface area contributed by atoms with Crippen LogP contribution in [0, 0.1) is 17.2 Å². The molecule has 0 aromatic heterocycles. The van der Waals surface area contributed by atoms with Gasteiger partial charge in [0.05, 0.1) is 16.8 Å². The molecule has 38 heavy (non-hydrogen) atoms. The molecule has 1 N–H and O–H groups in total. The number of hydrogen-bond donors (Lipinski definition) is 1. The van der Waals surface area contributed by atoms with Gasteiger partial charge >= 0.3 is 5.97 Å². The van der Waals surface area contributed by atoms with Crippen LogP contribution in [0.15, 0.2) is 103 Å². The summed E-state index contributed by atoms with van der Waals surface area (Å²) >= 11 is 0. The van der Waals surface area contributed by atoms with Crippen LogP contribution in [0.1, 0.15) is 37.9 Å². The largest absolute Gasteiger partial charge is 0.453 e. The van der Waals surface area contributed by atoms with Gasteiger partial charge < -0.3 is 10.1 Å². The minimum Gasteiger partial charge on any atom is -0.453 e. The van der Waals surface area contributed by atoms with E-state index in [1.165, 1.54) is 12.1 Å². The summed E-state index contributed by atoms with van der Waals surface area (Å²) in [7, 11) is 0. The van der Waals surface area contributed by atoms with Gasteiger partial charge in [0.25, 0.3) is 5.91 Å². The number of amides is 1. The van der Waals surface area contributed by atoms with Crippen LogP contribution in [0.5, 0.6) is 0 Å². The van der Waals surface area contributed by atoms with Gasteiger partial charge in [0.1, 0.15) is 18.1 Å². The molecule has 4 aromatic carbocycles. The highest BCUT2D eigenvalue weighted by Gasteiger charge is 2.46. The molecule has 1 amide bonds. The Morgan fingerprint density at radius 3 is 2.18 bits per heavy atom. The lowest BCUT2D eigenvalue weighted by Crippen LogP contribution is -2.38. The molecule has 0 unspecified atom stereocenters. The van der Waals surface area contributed by atoms with E-state index in [4.69, 9.17) is 4.74 Å². The molecule has 184 valence electrons. The van der Waals surface area contributed by atoms with Crippen LogP contribution in [0.25, 0.3) is 11.1 Å². The number of Topliss-reactive ketones (excluding diaryl/α,β-unsaturated/α-hetero) is 2. The number of ketones is 2. The number of carbonyl (C=O) groups excluding carboxylic acids is 4. The molecule has 2 atom stereocenters. The molecule has 0 fully saturated rings. The number of carbonyl (C=O) groups is 4. The molecule has 0 radical (unpaired) electrons. The fraction of sp³-hybridized carbons (Fsp3) is 0.0645. The van der Waals surface area contributed by atoms with Gasteiger partial charge in [0.15, 0.2) is 5.78 Å². The van der Waals surface area contributed by atoms with E-state index >= 15 is 0 Å². The fourth-order valence-corrected chi connectivity index (χ4v) is 4.56. The Bertz CT molecular complexity index is 1620. The Morgan fingerprint density at radius 2 is 1.42 bits per heavy atom. The lowest BCUT2D eigenvalue weighted by Gasteiger charge is -2.22. The number of nitrogens with zero attached hydrogens (tertiary/aromatic N) is 1. The predicted octanol–water partition coefficient (Wildman–Crippen LogP) is 5.14. The highest BCUT2D eigenvalue weighted by Crippen LogP contribution is 2.39. The first kappa shape index (κ1) is 24.3. The van der Waals surface area contributed by atoms with Gasteiger partial charge in [0.2, 0.25) is 5.78 Å². The molecule has 5 rings (SSSR count). The Morgan fingerprint density at radius 1 is 0.789 bits per heavy atom. The number of benzene rings is 4. The molecule has 0 bridgehead atoms. The van der Waals surface area contributed by atoms with Gasteiger partial charge in [-0.25, -0.2) is 4.79 Å². The summed E-state index contributed by atoms with van der Waals surface area (Å²) in [5.74, 6) is -5.17. The normalized spacial score (nSPS) is 14.5. The fourth-order valence-electron chi connectivity index (χ4n) is 4.56. The molecule has 0 spiro atoms. The molecule has 0 saturated carbocycles. The van der Waals surface area contributed by atoms with Crippen molar-refractivity contribution < 1.29 is 23.9 Å². The maximum Gasteiger partial charge on any atom is 0.339 e. The van der Waals surface area contributed by atoms with Crippen molar-refractivity contribution in [3.63, 3.8) is 0 Å². The van der Waals surface area contributed by atoms with E-state index in [1.54, 1.807) is 60.7 Å². The first-order valence-corrected chi connectivity index (χ1v) is 11.8. The summed E-state index contributed by atoms with van der Waals surface area (Å²) in [6.45, 7) is 0. The van der Waals surface area contributed by atoms with Gasteiger partial charge in [-0.2, -0.15) is 5.26 Å². The van der Waals surface area contributed by atoms with Crippen LogP contribution in [0.2, 0.25) is 0 Å². The maximum absolute atomic E-state index is 14.1. The summed E-state index contributed by atoms with van der Waals surface area (Å²) < 4.78 is 5.54. The maximum atomic E-state index is 14.1. The first-order valence-electron chi connectivity index (χ1n) is 11.8. The minimum atomic E-state index is -1.65. The van der Waals surface area contributed by atoms with Crippen molar-refractivity contribution in [1.82, 2.24) is 0 Å². The van der Waals surface area contributed by atoms with E-state index in [9.17, 15) is 24.4 Å². The third-order valence-corrected chi connectivity index (χ3v) is 6.39. The summed E-state index contributed by atoms with van der Waals surface area (Å²) in [6, 6.07) is 30.6. The number of nitriles is 1. The number of cyclic esters (lactones) is 1. The minimum absolute atomic E-state index is 0.132. The number of para-hydroxylation sites is 1. The predicted molar refractivity (Wildman–Crippen MR) is 139 cm³/mol. The summed E-state index contributed by atoms with van der Waals surface area (Å²) in [5, 5.41) is 11.8. The van der Waals surface area contributed by atoms with Gasteiger partial charge in [0, 0.05) is 11.1 Å². The van der Waals surface area contributed by atoms with Crippen LogP contribution in [-0.2, 0) is 14.3 Å². The third-order valence-electron chi connectivity index (χ3n) is 6.39. The second kappa shape index (κ2) is 10.3. The van der Waals surface area contributed by atoms with Crippen LogP contribution in [0.3, 0.4) is 0 Å². The Kier molecular flexibility index (Phi) is 6.62. The second-order valence-corrected chi connectivity index (χ2v) is 8.64. The van der Waals surface area contributed by atoms with Crippen LogP contribution >= 0.6 is 0 Å². The average Bonchev–Trinajstić information content (AvgIpc) is 3.29. The summed E-state index contributed by atoms with van der Waals surface area (Å²) in [4.78, 5) is 53.6. The molecular weight excluding hydrogens is 480 g/mol. The topological polar surface area (TPSA) is 113 Å². The standard InChI is InChI=1S/C31H20N2O5/c32-18-20-12-4-9-17-25(20)33-30(36)28(35)26(29-23-15-7-8-16-24(23)31(37)38-29)27(34)22-14-6-5-13-21(22)19-10-2-1-3-11-19/h1-17,26,29H,(H,33,36)/t26-,29-/m0/s1. The molecule has 0 saturated heterocycles. The number of fused-ring (bicyclic) bond motifs is 1. The Hall–Kier alpha value is -5.35. The first-order chi connectivity index (χ1) is 18.5. The van der Waals surface area contributed by atoms with Gasteiger partial charge in [-0.1, -0.05) is 84.9 Å². The van der Waals surface area contributed by atoms with Crippen LogP contribution < -0.4 is 5.32 Å². The summed E-state index contributed by atoms with van der Waals surface area (Å²) in [5.41, 5.74) is 2.41. The van der Waals surface area contributed by atoms with E-state index in [0.717, 1.165) is 5.56 Å². The molecule has 7 nitrogen and oxygen atoms in total. The number of ether oxygens (including phenoxy) is 1. The van der Waals surface area contributed by atoms with Gasteiger partial charge in [-0.3, -0.25) is 14.4 Å². The monoisotopic (exact) mass is 500 g/mol. The number of rotatable bonds is 7. The highest BCUT2D eigenvalue weighted by molar-refractivity contribution is 6.45. The molecule has 1 aliphatic rings. The lowest BCUT2D eigenvalue weighted by molar-refractivity contribution is -0.138. The zero-order valence-electron chi connectivity index (χ0n) is 20.0. The van der Waals surface area contributed by atoms with Crippen LogP contribution in [0.4, 0.5) is 5.69 Å². The molecule has 1 aliphatic heterocycles. The van der Waals surface area contributed by atoms with Gasteiger partial charge in [-0.05, 0) is 29.3 Å². The quantitative estimate of drug-likeness (QED) is 0.163. The molecule has 1 heterocycles. The SMILES string of the molecule is N#Cc1ccccc1NC(=O)C(=O)[C@H](C(=O)c1ccccc1-c1ccccc1)[C@H]1OC(=O)c2ccccc21. The van der Waals surface area contributed by atoms with Crippen molar-refractivity contribution in [2.75, 3.05) is 5.32 Å². The zero-order valence-corrected chi connectivity index (χ0v) is 20.0. The molecule has 0 aliphatic carbocycles. The van der Waals surface area contributed by atoms with E-state index in [-0.39, 0.29) is 22.4 Å². The van der Waals surface area contributed by atoms with Crippen molar-refractivity contribution in [2.45, 2.75) is 6.10 Å². The van der Waals surface area contributed by atoms with Crippen molar-refractivity contribution in [3.05, 3.63) is 125 Å². The van der Waals surface area contributed by atoms with E-state index < -0.39 is 35.5 Å². The zero-order chi connectivity index (χ0) is 26.6. The van der Waals surface area contributed by atoms with E-state index in [1.807, 2.05) is 36.4 Å². The Balaban J connectivity index is 1.59. The van der Waals surface area contributed by atoms with E-state index in [2.05, 4.69) is 5.32 Å². The number of anilines is 1. The van der Waals surface area contributed by atoms with Crippen LogP contribution in [-0.4, -0.2) is 23.4 Å². The van der Waals surface area contributed by atoms with Crippen molar-refractivity contribution in [1.29, 1.82) is 5.26 Å². The lowest BCUT2D eigenvalue weighted by atomic mass is 9.82. The smallest absolute Gasteiger partial charge is 0.339 e. The van der Waals surface area contributed by atoms with Crippen molar-refractivity contribution in [3.8, 4) is 17.2 Å². The second-order valence-electron chi connectivity index (χ2n) is 8.64. The molecular formula is C31H20N2O5. The van der Waals surface area contributed by atoms with Crippen molar-refractivity contribution in [2.24, 2.45) is 5.92 Å². The van der Waals surface area contributed by atoms with Gasteiger partial charge in [-0.15, -0.1) is 0 Å². The molecule has 7 heteroatoms. The third kappa shape index (κ3) is 4.47. The summed E-state index contributed by atoms with van der Waals surface area (Å²) in [6.07, 6.45) is -1.29. The molecule has 4 aromatic rings. The Labute approximate surface area is 218 Å². The van der Waals surface area contributed by atoms with Crippen molar-refractivity contribution >= 4 is 29.1 Å². The number of esters is 1. The number of hydrogen-bond acceptors (Lipinski definition) is 6.